The molecule has 0 spiro atoms. The molecule has 2 aromatic carbocycles. The van der Waals surface area contributed by atoms with Crippen LogP contribution in [0, 0.1) is 6.92 Å². The summed E-state index contributed by atoms with van der Waals surface area (Å²) in [6.07, 6.45) is 3.52. The quantitative estimate of drug-likeness (QED) is 0.403. The molecule has 5 rings (SSSR count). The van der Waals surface area contributed by atoms with Gasteiger partial charge in [0.05, 0.1) is 0 Å². The van der Waals surface area contributed by atoms with Crippen LogP contribution in [0.15, 0.2) is 53.3 Å². The number of aryl methyl sites for hydroxylation is 3. The molecule has 9 heteroatoms. The van der Waals surface area contributed by atoms with Crippen molar-refractivity contribution in [1.82, 2.24) is 39.8 Å². The maximum absolute atomic E-state index is 12.7. The summed E-state index contributed by atoms with van der Waals surface area (Å²) in [6.45, 7) is 4.02. The number of nitrogens with one attached hydrogen (secondary N) is 1. The molecule has 34 heavy (non-hydrogen) atoms. The molecule has 0 aliphatic heterocycles. The fraction of sp³-hybridized carbons (Fsp3) is 0.280. The van der Waals surface area contributed by atoms with Crippen LogP contribution in [0.4, 0.5) is 0 Å². The first-order valence-electron chi connectivity index (χ1n) is 11.4. The molecule has 3 aromatic heterocycles. The van der Waals surface area contributed by atoms with Crippen LogP contribution in [0.1, 0.15) is 42.4 Å². The highest BCUT2D eigenvalue weighted by Crippen LogP contribution is 2.32. The molecule has 3 heterocycles. The van der Waals surface area contributed by atoms with Crippen LogP contribution in [-0.4, -0.2) is 39.8 Å². The van der Waals surface area contributed by atoms with Gasteiger partial charge < -0.3 is 0 Å². The van der Waals surface area contributed by atoms with E-state index in [4.69, 9.17) is 4.98 Å². The van der Waals surface area contributed by atoms with Crippen LogP contribution in [0.5, 0.6) is 0 Å². The predicted octanol–water partition coefficient (Wildman–Crippen LogP) is 3.52. The number of tetrazole rings is 1. The van der Waals surface area contributed by atoms with E-state index < -0.39 is 0 Å². The SMILES string of the molecule is CCCCc1nc(C)n2c(=O)n(C)nc2c1Cc1ccc(-c2ccccc2)c(-c2nn[nH]n2)c1. The average Bonchev–Trinajstić information content (AvgIpc) is 3.49. The summed E-state index contributed by atoms with van der Waals surface area (Å²) >= 11 is 0. The zero-order chi connectivity index (χ0) is 23.7. The lowest BCUT2D eigenvalue weighted by molar-refractivity contribution is 0.726. The van der Waals surface area contributed by atoms with Crippen molar-refractivity contribution in [3.05, 3.63) is 81.7 Å². The second-order valence-electron chi connectivity index (χ2n) is 8.41. The molecule has 0 saturated carbocycles. The Morgan fingerprint density at radius 1 is 1.06 bits per heavy atom. The lowest BCUT2D eigenvalue weighted by Gasteiger charge is -2.14. The van der Waals surface area contributed by atoms with Gasteiger partial charge in [0.2, 0.25) is 5.82 Å². The number of fused-ring (bicyclic) bond motifs is 1. The number of rotatable bonds is 7. The van der Waals surface area contributed by atoms with Crippen molar-refractivity contribution >= 4 is 5.65 Å². The Morgan fingerprint density at radius 2 is 1.88 bits per heavy atom. The third kappa shape index (κ3) is 3.89. The van der Waals surface area contributed by atoms with Crippen molar-refractivity contribution in [2.24, 2.45) is 7.05 Å². The molecule has 9 nitrogen and oxygen atoms in total. The topological polar surface area (TPSA) is 107 Å². The first-order chi connectivity index (χ1) is 16.6. The summed E-state index contributed by atoms with van der Waals surface area (Å²) in [5, 5.41) is 19.3. The molecular weight excluding hydrogens is 428 g/mol. The van der Waals surface area contributed by atoms with Gasteiger partial charge in [-0.15, -0.1) is 15.3 Å². The Labute approximate surface area is 196 Å². The van der Waals surface area contributed by atoms with Gasteiger partial charge in [0.25, 0.3) is 0 Å². The molecule has 0 amide bonds. The number of nitrogens with zero attached hydrogens (tertiary/aromatic N) is 7. The number of H-pyrrole nitrogens is 1. The minimum absolute atomic E-state index is 0.185. The Balaban J connectivity index is 1.65. The lowest BCUT2D eigenvalue weighted by Crippen LogP contribution is -2.20. The number of aromatic nitrogens is 8. The van der Waals surface area contributed by atoms with Crippen molar-refractivity contribution in [2.75, 3.05) is 0 Å². The first-order valence-corrected chi connectivity index (χ1v) is 11.4. The van der Waals surface area contributed by atoms with Crippen LogP contribution >= 0.6 is 0 Å². The van der Waals surface area contributed by atoms with Crippen molar-refractivity contribution in [3.63, 3.8) is 0 Å². The fourth-order valence-corrected chi connectivity index (χ4v) is 4.36. The Morgan fingerprint density at radius 3 is 2.62 bits per heavy atom. The summed E-state index contributed by atoms with van der Waals surface area (Å²) in [4.78, 5) is 17.5. The Bertz CT molecular complexity index is 1500. The number of unbranched alkanes of at least 4 members (excludes halogenated alkanes) is 1. The van der Waals surface area contributed by atoms with E-state index >= 15 is 0 Å². The predicted molar refractivity (Wildman–Crippen MR) is 129 cm³/mol. The van der Waals surface area contributed by atoms with Gasteiger partial charge in [0, 0.05) is 30.3 Å². The van der Waals surface area contributed by atoms with E-state index in [0.717, 1.165) is 52.8 Å². The zero-order valence-electron chi connectivity index (χ0n) is 19.5. The second-order valence-corrected chi connectivity index (χ2v) is 8.41. The molecule has 0 bridgehead atoms. The van der Waals surface area contributed by atoms with Gasteiger partial charge in [-0.05, 0) is 47.7 Å². The van der Waals surface area contributed by atoms with Crippen LogP contribution in [0.25, 0.3) is 28.2 Å². The molecule has 172 valence electrons. The van der Waals surface area contributed by atoms with E-state index in [1.807, 2.05) is 25.1 Å². The lowest BCUT2D eigenvalue weighted by atomic mass is 9.94. The molecule has 0 atom stereocenters. The minimum Gasteiger partial charge on any atom is -0.246 e. The van der Waals surface area contributed by atoms with Gasteiger partial charge in [-0.2, -0.15) is 5.21 Å². The average molecular weight is 455 g/mol. The highest BCUT2D eigenvalue weighted by Gasteiger charge is 2.19. The van der Waals surface area contributed by atoms with Gasteiger partial charge in [-0.1, -0.05) is 55.8 Å². The second kappa shape index (κ2) is 9.01. The van der Waals surface area contributed by atoms with Crippen molar-refractivity contribution < 1.29 is 0 Å². The summed E-state index contributed by atoms with van der Waals surface area (Å²) < 4.78 is 2.98. The van der Waals surface area contributed by atoms with Gasteiger partial charge in [0.15, 0.2) is 5.65 Å². The monoisotopic (exact) mass is 454 g/mol. The van der Waals surface area contributed by atoms with E-state index in [1.54, 1.807) is 11.4 Å². The normalized spacial score (nSPS) is 11.4. The van der Waals surface area contributed by atoms with Crippen LogP contribution in [0.3, 0.4) is 0 Å². The van der Waals surface area contributed by atoms with E-state index in [1.165, 1.54) is 4.68 Å². The Hall–Kier alpha value is -4.14. The Kier molecular flexibility index (Phi) is 5.75. The largest absolute Gasteiger partial charge is 0.351 e. The standard InChI is InChI=1S/C25H26N8O/c1-4-5-11-22-21(24-29-32(3)25(34)33(24)16(2)26-22)15-17-12-13-19(18-9-7-6-8-10-18)20(14-17)23-27-30-31-28-23/h6-10,12-14H,4-5,11,15H2,1-3H3,(H,27,28,30,31). The van der Waals surface area contributed by atoms with E-state index in [2.05, 4.69) is 63.0 Å². The fourth-order valence-electron chi connectivity index (χ4n) is 4.36. The highest BCUT2D eigenvalue weighted by atomic mass is 16.2. The van der Waals surface area contributed by atoms with Gasteiger partial charge in [-0.25, -0.2) is 18.9 Å². The van der Waals surface area contributed by atoms with Gasteiger partial charge >= 0.3 is 5.69 Å². The molecule has 1 N–H and O–H groups in total. The molecule has 5 aromatic rings. The maximum atomic E-state index is 12.7. The number of hydrogen-bond donors (Lipinski definition) is 1. The van der Waals surface area contributed by atoms with Crippen molar-refractivity contribution in [1.29, 1.82) is 0 Å². The molecule has 0 fully saturated rings. The molecule has 0 aliphatic rings. The highest BCUT2D eigenvalue weighted by molar-refractivity contribution is 5.81. The van der Waals surface area contributed by atoms with Crippen molar-refractivity contribution in [3.8, 4) is 22.5 Å². The van der Waals surface area contributed by atoms with Crippen LogP contribution in [0.2, 0.25) is 0 Å². The molecular formula is C25H26N8O. The van der Waals surface area contributed by atoms with Crippen LogP contribution in [-0.2, 0) is 19.9 Å². The summed E-state index contributed by atoms with van der Waals surface area (Å²) in [7, 11) is 1.67. The van der Waals surface area contributed by atoms with E-state index in [-0.39, 0.29) is 5.69 Å². The number of aromatic amines is 1. The third-order valence-corrected chi connectivity index (χ3v) is 6.07. The molecule has 0 saturated heterocycles. The van der Waals surface area contributed by atoms with Crippen molar-refractivity contribution in [2.45, 2.75) is 39.5 Å². The van der Waals surface area contributed by atoms with Gasteiger partial charge in [-0.3, -0.25) is 0 Å². The van der Waals surface area contributed by atoms with Gasteiger partial charge in [0.1, 0.15) is 5.82 Å². The van der Waals surface area contributed by atoms with Crippen LogP contribution < -0.4 is 5.69 Å². The molecule has 0 aliphatic carbocycles. The number of benzene rings is 2. The maximum Gasteiger partial charge on any atom is 0.351 e. The minimum atomic E-state index is -0.185. The van der Waals surface area contributed by atoms with E-state index in [9.17, 15) is 4.79 Å². The summed E-state index contributed by atoms with van der Waals surface area (Å²) in [5.74, 6) is 1.20. The molecule has 0 radical (unpaired) electrons. The smallest absolute Gasteiger partial charge is 0.246 e. The zero-order valence-corrected chi connectivity index (χ0v) is 19.5. The summed E-state index contributed by atoms with van der Waals surface area (Å²) in [5.41, 5.74) is 6.50. The number of hydrogen-bond acceptors (Lipinski definition) is 6. The van der Waals surface area contributed by atoms with E-state index in [0.29, 0.717) is 23.7 Å². The molecule has 0 unspecified atom stereocenters. The third-order valence-electron chi connectivity index (χ3n) is 6.07. The first kappa shape index (κ1) is 21.7. The summed E-state index contributed by atoms with van der Waals surface area (Å²) in [6, 6.07) is 16.4.